The molecular formula is C26H26N4O3. The summed E-state index contributed by atoms with van der Waals surface area (Å²) >= 11 is 0. The lowest BCUT2D eigenvalue weighted by molar-refractivity contribution is -0.136. The van der Waals surface area contributed by atoms with Crippen LogP contribution in [0.5, 0.6) is 5.75 Å². The van der Waals surface area contributed by atoms with Crippen LogP contribution < -0.4 is 15.8 Å². The summed E-state index contributed by atoms with van der Waals surface area (Å²) < 4.78 is 6.14. The van der Waals surface area contributed by atoms with Crippen molar-refractivity contribution in [1.82, 2.24) is 4.98 Å². The summed E-state index contributed by atoms with van der Waals surface area (Å²) in [6.07, 6.45) is 6.09. The number of ether oxygens (including phenoxy) is 1. The molecule has 0 amide bonds. The lowest BCUT2D eigenvalue weighted by atomic mass is 10.1. The lowest BCUT2D eigenvalue weighted by Crippen LogP contribution is -2.09. The van der Waals surface area contributed by atoms with Crippen molar-refractivity contribution in [2.24, 2.45) is 10.7 Å². The molecule has 1 aliphatic rings. The molecule has 7 heteroatoms. The number of carbonyl (C=O) groups is 1. The van der Waals surface area contributed by atoms with Crippen molar-refractivity contribution in [2.75, 3.05) is 5.32 Å². The number of rotatable bonds is 10. The largest absolute Gasteiger partial charge is 0.481 e. The number of aryl methyl sites for hydroxylation is 1. The van der Waals surface area contributed by atoms with Crippen LogP contribution in [0.15, 0.2) is 83.7 Å². The van der Waals surface area contributed by atoms with E-state index in [2.05, 4.69) is 15.3 Å². The minimum atomic E-state index is -0.816. The van der Waals surface area contributed by atoms with Crippen LogP contribution >= 0.6 is 0 Å². The number of hydrogen-bond acceptors (Lipinski definition) is 6. The normalized spacial score (nSPS) is 14.1. The van der Waals surface area contributed by atoms with Crippen molar-refractivity contribution in [3.63, 3.8) is 0 Å². The first-order valence-corrected chi connectivity index (χ1v) is 10.9. The zero-order valence-electron chi connectivity index (χ0n) is 18.1. The van der Waals surface area contributed by atoms with Gasteiger partial charge < -0.3 is 20.9 Å². The van der Waals surface area contributed by atoms with Gasteiger partial charge >= 0.3 is 5.97 Å². The third-order valence-electron chi connectivity index (χ3n) is 5.09. The number of aliphatic carboxylic acids is 1. The van der Waals surface area contributed by atoms with Crippen LogP contribution in [0, 0.1) is 0 Å². The van der Waals surface area contributed by atoms with Crippen LogP contribution in [0.3, 0.4) is 0 Å². The van der Waals surface area contributed by atoms with E-state index in [-0.39, 0.29) is 6.42 Å². The summed E-state index contributed by atoms with van der Waals surface area (Å²) in [5.74, 6) is 0.843. The minimum Gasteiger partial charge on any atom is -0.481 e. The molecule has 3 aromatic rings. The number of benzene rings is 2. The zero-order valence-corrected chi connectivity index (χ0v) is 18.1. The second-order valence-corrected chi connectivity index (χ2v) is 7.85. The highest BCUT2D eigenvalue weighted by atomic mass is 16.5. The van der Waals surface area contributed by atoms with Crippen molar-refractivity contribution in [3.8, 4) is 5.75 Å². The molecule has 1 aliphatic carbocycles. The summed E-state index contributed by atoms with van der Waals surface area (Å²) in [4.78, 5) is 19.8. The molecule has 0 atom stereocenters. The van der Waals surface area contributed by atoms with Gasteiger partial charge in [-0.15, -0.1) is 0 Å². The third kappa shape index (κ3) is 6.67. The molecule has 0 bridgehead atoms. The van der Waals surface area contributed by atoms with E-state index in [1.54, 1.807) is 24.5 Å². The Kier molecular flexibility index (Phi) is 6.99. The average molecular weight is 443 g/mol. The zero-order chi connectivity index (χ0) is 23.0. The van der Waals surface area contributed by atoms with E-state index < -0.39 is 5.97 Å². The van der Waals surface area contributed by atoms with Crippen molar-refractivity contribution >= 4 is 29.4 Å². The molecule has 0 aliphatic heterocycles. The second-order valence-electron chi connectivity index (χ2n) is 7.85. The second kappa shape index (κ2) is 10.5. The Morgan fingerprint density at radius 1 is 1.15 bits per heavy atom. The number of nitrogens with two attached hydrogens (primary N) is 1. The van der Waals surface area contributed by atoms with Crippen molar-refractivity contribution < 1.29 is 14.6 Å². The number of aliphatic imine (C=N–C) groups is 1. The first-order valence-electron chi connectivity index (χ1n) is 10.9. The van der Waals surface area contributed by atoms with Gasteiger partial charge in [0.05, 0.1) is 18.0 Å². The Hall–Kier alpha value is -4.13. The van der Waals surface area contributed by atoms with Gasteiger partial charge in [0.15, 0.2) is 5.76 Å². The number of pyridine rings is 1. The molecule has 1 saturated carbocycles. The van der Waals surface area contributed by atoms with Crippen LogP contribution in [0.2, 0.25) is 0 Å². The van der Waals surface area contributed by atoms with E-state index in [1.807, 2.05) is 54.6 Å². The molecule has 0 saturated heterocycles. The fourth-order valence-electron chi connectivity index (χ4n) is 3.18. The summed E-state index contributed by atoms with van der Waals surface area (Å²) in [6, 6.07) is 21.2. The Balaban J connectivity index is 1.52. The number of anilines is 2. The van der Waals surface area contributed by atoms with E-state index in [4.69, 9.17) is 15.6 Å². The Morgan fingerprint density at radius 3 is 2.73 bits per heavy atom. The van der Waals surface area contributed by atoms with Crippen molar-refractivity contribution in [1.29, 1.82) is 0 Å². The Bertz CT molecular complexity index is 1170. The van der Waals surface area contributed by atoms with Crippen LogP contribution in [0.4, 0.5) is 11.5 Å². The monoisotopic (exact) mass is 442 g/mol. The fraction of sp³-hybridized carbons (Fsp3) is 0.192. The van der Waals surface area contributed by atoms with Gasteiger partial charge in [-0.1, -0.05) is 42.5 Å². The molecule has 0 unspecified atom stereocenters. The molecule has 1 fully saturated rings. The standard InChI is InChI=1S/C26H26N4O3/c27-26(19-6-2-1-3-7-19)23(17-29-20-10-11-20)33-22-13-14-28-24(16-22)30-21-8-4-5-18(15-21)9-12-25(31)32/h1-8,13-17,20H,9-12,27H2,(H,28,30)(H,31,32)/b26-23+,29-17?. The number of carboxylic acids is 1. The topological polar surface area (TPSA) is 110 Å². The third-order valence-corrected chi connectivity index (χ3v) is 5.09. The van der Waals surface area contributed by atoms with Crippen LogP contribution in [-0.4, -0.2) is 28.3 Å². The van der Waals surface area contributed by atoms with E-state index in [0.29, 0.717) is 35.5 Å². The number of hydrogen-bond donors (Lipinski definition) is 3. The molecule has 33 heavy (non-hydrogen) atoms. The molecule has 4 N–H and O–H groups in total. The summed E-state index contributed by atoms with van der Waals surface area (Å²) in [5.41, 5.74) is 9.54. The highest BCUT2D eigenvalue weighted by molar-refractivity contribution is 5.88. The maximum absolute atomic E-state index is 10.8. The quantitative estimate of drug-likeness (QED) is 0.308. The first-order chi connectivity index (χ1) is 16.1. The molecule has 7 nitrogen and oxygen atoms in total. The number of nitrogens with zero attached hydrogens (tertiary/aromatic N) is 2. The summed E-state index contributed by atoms with van der Waals surface area (Å²) in [6.45, 7) is 0. The number of aromatic nitrogens is 1. The summed E-state index contributed by atoms with van der Waals surface area (Å²) in [5, 5.41) is 12.2. The first kappa shape index (κ1) is 22.1. The van der Waals surface area contributed by atoms with Crippen molar-refractivity contribution in [2.45, 2.75) is 31.7 Å². The van der Waals surface area contributed by atoms with E-state index >= 15 is 0 Å². The van der Waals surface area contributed by atoms with Gasteiger partial charge in [-0.2, -0.15) is 0 Å². The van der Waals surface area contributed by atoms with Gasteiger partial charge in [0, 0.05) is 29.9 Å². The van der Waals surface area contributed by atoms with Gasteiger partial charge in [-0.25, -0.2) is 4.98 Å². The molecule has 1 aromatic heterocycles. The minimum absolute atomic E-state index is 0.0887. The predicted molar refractivity (Wildman–Crippen MR) is 130 cm³/mol. The molecule has 0 radical (unpaired) electrons. The SMILES string of the molecule is N/C(=C(\C=NC1CC1)Oc1ccnc(Nc2cccc(CCC(=O)O)c2)c1)c1ccccc1. The number of allylic oxidation sites excluding steroid dienone is 1. The molecule has 0 spiro atoms. The molecule has 168 valence electrons. The van der Waals surface area contributed by atoms with Crippen LogP contribution in [-0.2, 0) is 11.2 Å². The average Bonchev–Trinajstić information content (AvgIpc) is 3.66. The number of nitrogens with one attached hydrogen (secondary N) is 1. The number of carboxylic acid groups (broad SMARTS) is 1. The highest BCUT2D eigenvalue weighted by Crippen LogP contribution is 2.26. The molecular weight excluding hydrogens is 416 g/mol. The molecule has 4 rings (SSSR count). The van der Waals surface area contributed by atoms with Crippen LogP contribution in [0.1, 0.15) is 30.4 Å². The highest BCUT2D eigenvalue weighted by Gasteiger charge is 2.20. The Labute approximate surface area is 192 Å². The van der Waals surface area contributed by atoms with Gasteiger partial charge in [0.2, 0.25) is 0 Å². The predicted octanol–water partition coefficient (Wildman–Crippen LogP) is 4.78. The van der Waals surface area contributed by atoms with Gasteiger partial charge in [0.25, 0.3) is 0 Å². The van der Waals surface area contributed by atoms with Crippen LogP contribution in [0.25, 0.3) is 5.70 Å². The van der Waals surface area contributed by atoms with Crippen molar-refractivity contribution in [3.05, 3.63) is 89.8 Å². The maximum Gasteiger partial charge on any atom is 0.303 e. The van der Waals surface area contributed by atoms with Gasteiger partial charge in [-0.05, 0) is 43.0 Å². The maximum atomic E-state index is 10.8. The van der Waals surface area contributed by atoms with Gasteiger partial charge in [0.1, 0.15) is 11.6 Å². The molecule has 2 aromatic carbocycles. The van der Waals surface area contributed by atoms with Gasteiger partial charge in [-0.3, -0.25) is 9.79 Å². The summed E-state index contributed by atoms with van der Waals surface area (Å²) in [7, 11) is 0. The van der Waals surface area contributed by atoms with E-state index in [1.165, 1.54) is 0 Å². The fourth-order valence-corrected chi connectivity index (χ4v) is 3.18. The Morgan fingerprint density at radius 2 is 1.97 bits per heavy atom. The molecule has 1 heterocycles. The van der Waals surface area contributed by atoms with E-state index in [0.717, 1.165) is 29.7 Å². The smallest absolute Gasteiger partial charge is 0.303 e. The lowest BCUT2D eigenvalue weighted by Gasteiger charge is -2.12. The van der Waals surface area contributed by atoms with E-state index in [9.17, 15) is 4.79 Å².